The number of hydrogen-bond acceptors (Lipinski definition) is 5. The van der Waals surface area contributed by atoms with Gasteiger partial charge in [-0.15, -0.1) is 0 Å². The number of esters is 1. The van der Waals surface area contributed by atoms with Gasteiger partial charge in [0.15, 0.2) is 5.69 Å². The molecule has 2 aromatic carbocycles. The van der Waals surface area contributed by atoms with Crippen LogP contribution < -0.4 is 5.32 Å². The van der Waals surface area contributed by atoms with Crippen LogP contribution in [0.2, 0.25) is 0 Å². The van der Waals surface area contributed by atoms with Crippen molar-refractivity contribution in [3.8, 4) is 11.1 Å². The molecule has 0 radical (unpaired) electrons. The standard InChI is InChI=1S/C24H23N3O4/c1-27-22(23(28)30-2)16(14-26-27)8-7-13-25-24(29)31-15-21-19-11-5-3-9-17(19)18-10-4-6-12-20(18)21/h3-12,14,21H,13,15H2,1-2H3,(H,25,29). The lowest BCUT2D eigenvalue weighted by Gasteiger charge is -2.14. The molecule has 3 aromatic rings. The summed E-state index contributed by atoms with van der Waals surface area (Å²) >= 11 is 0. The molecule has 1 aliphatic carbocycles. The molecule has 1 N–H and O–H groups in total. The van der Waals surface area contributed by atoms with Gasteiger partial charge in [-0.3, -0.25) is 4.68 Å². The first kappa shape index (κ1) is 20.4. The van der Waals surface area contributed by atoms with Crippen molar-refractivity contribution in [1.29, 1.82) is 0 Å². The molecule has 0 saturated heterocycles. The van der Waals surface area contributed by atoms with Crippen LogP contribution >= 0.6 is 0 Å². The van der Waals surface area contributed by atoms with Crippen molar-refractivity contribution < 1.29 is 19.1 Å². The van der Waals surface area contributed by atoms with Gasteiger partial charge in [0, 0.05) is 25.1 Å². The maximum Gasteiger partial charge on any atom is 0.407 e. The summed E-state index contributed by atoms with van der Waals surface area (Å²) in [6, 6.07) is 16.4. The van der Waals surface area contributed by atoms with Crippen LogP contribution in [0.4, 0.5) is 4.79 Å². The predicted octanol–water partition coefficient (Wildman–Crippen LogP) is 3.76. The molecule has 0 atom stereocenters. The van der Waals surface area contributed by atoms with E-state index in [0.29, 0.717) is 11.3 Å². The highest BCUT2D eigenvalue weighted by molar-refractivity contribution is 5.91. The first-order chi connectivity index (χ1) is 15.1. The summed E-state index contributed by atoms with van der Waals surface area (Å²) in [5.74, 6) is -0.448. The molecule has 0 bridgehead atoms. The van der Waals surface area contributed by atoms with E-state index in [9.17, 15) is 9.59 Å². The zero-order valence-corrected chi connectivity index (χ0v) is 17.4. The Bertz CT molecular complexity index is 1100. The number of methoxy groups -OCH3 is 1. The smallest absolute Gasteiger partial charge is 0.407 e. The number of nitrogens with one attached hydrogen (secondary N) is 1. The van der Waals surface area contributed by atoms with Gasteiger partial charge < -0.3 is 14.8 Å². The SMILES string of the molecule is COC(=O)c1c(C=CCNC(=O)OCC2c3ccccc3-c3ccccc32)cnn1C. The minimum Gasteiger partial charge on any atom is -0.464 e. The average molecular weight is 417 g/mol. The molecule has 0 saturated carbocycles. The fourth-order valence-electron chi connectivity index (χ4n) is 3.90. The number of alkyl carbamates (subject to hydrolysis) is 1. The largest absolute Gasteiger partial charge is 0.464 e. The zero-order valence-electron chi connectivity index (χ0n) is 17.4. The summed E-state index contributed by atoms with van der Waals surface area (Å²) in [7, 11) is 2.99. The lowest BCUT2D eigenvalue weighted by Crippen LogP contribution is -2.26. The number of aryl methyl sites for hydroxylation is 1. The second-order valence-corrected chi connectivity index (χ2v) is 7.17. The van der Waals surface area contributed by atoms with Gasteiger partial charge in [-0.25, -0.2) is 9.59 Å². The highest BCUT2D eigenvalue weighted by Crippen LogP contribution is 2.44. The first-order valence-electron chi connectivity index (χ1n) is 9.96. The normalized spacial score (nSPS) is 12.5. The molecule has 4 rings (SSSR count). The molecule has 1 amide bonds. The van der Waals surface area contributed by atoms with E-state index < -0.39 is 12.1 Å². The number of rotatable bonds is 6. The van der Waals surface area contributed by atoms with Crippen LogP contribution in [0.1, 0.15) is 33.1 Å². The lowest BCUT2D eigenvalue weighted by atomic mass is 9.98. The monoisotopic (exact) mass is 417 g/mol. The minimum absolute atomic E-state index is 0.0201. The van der Waals surface area contributed by atoms with E-state index in [2.05, 4.69) is 34.7 Å². The van der Waals surface area contributed by atoms with Crippen molar-refractivity contribution in [1.82, 2.24) is 15.1 Å². The summed E-state index contributed by atoms with van der Waals surface area (Å²) in [6.07, 6.45) is 4.51. The molecule has 1 aliphatic rings. The molecule has 7 heteroatoms. The second-order valence-electron chi connectivity index (χ2n) is 7.17. The van der Waals surface area contributed by atoms with Crippen molar-refractivity contribution in [2.45, 2.75) is 5.92 Å². The van der Waals surface area contributed by atoms with Gasteiger partial charge >= 0.3 is 12.1 Å². The molecule has 0 fully saturated rings. The number of aromatic nitrogens is 2. The summed E-state index contributed by atoms with van der Waals surface area (Å²) in [4.78, 5) is 24.0. The van der Waals surface area contributed by atoms with Crippen LogP contribution in [0.3, 0.4) is 0 Å². The minimum atomic E-state index is -0.495. The fraction of sp³-hybridized carbons (Fsp3) is 0.208. The number of hydrogen-bond donors (Lipinski definition) is 1. The number of carbonyl (C=O) groups is 2. The number of benzene rings is 2. The van der Waals surface area contributed by atoms with Gasteiger partial charge in [0.25, 0.3) is 0 Å². The van der Waals surface area contributed by atoms with E-state index in [1.54, 1.807) is 25.4 Å². The third-order valence-corrected chi connectivity index (χ3v) is 5.35. The van der Waals surface area contributed by atoms with E-state index in [1.165, 1.54) is 34.0 Å². The van der Waals surface area contributed by atoms with Crippen molar-refractivity contribution in [3.05, 3.63) is 83.2 Å². The molecule has 1 aromatic heterocycles. The van der Waals surface area contributed by atoms with E-state index in [-0.39, 0.29) is 19.1 Å². The third kappa shape index (κ3) is 4.07. The molecule has 158 valence electrons. The van der Waals surface area contributed by atoms with E-state index in [1.807, 2.05) is 24.3 Å². The Balaban J connectivity index is 1.34. The summed E-state index contributed by atoms with van der Waals surface area (Å²) < 4.78 is 11.7. The first-order valence-corrected chi connectivity index (χ1v) is 9.96. The quantitative estimate of drug-likeness (QED) is 0.618. The number of carbonyl (C=O) groups excluding carboxylic acids is 2. The topological polar surface area (TPSA) is 82.4 Å². The number of amides is 1. The van der Waals surface area contributed by atoms with Gasteiger partial charge in [0.1, 0.15) is 6.61 Å². The maximum absolute atomic E-state index is 12.2. The number of ether oxygens (including phenoxy) is 2. The van der Waals surface area contributed by atoms with Gasteiger partial charge in [0.05, 0.1) is 13.3 Å². The van der Waals surface area contributed by atoms with E-state index >= 15 is 0 Å². The summed E-state index contributed by atoms with van der Waals surface area (Å²) in [5, 5.41) is 6.77. The fourth-order valence-corrected chi connectivity index (χ4v) is 3.90. The highest BCUT2D eigenvalue weighted by Gasteiger charge is 2.28. The Labute approximate surface area is 180 Å². The van der Waals surface area contributed by atoms with Crippen LogP contribution in [0.5, 0.6) is 0 Å². The van der Waals surface area contributed by atoms with E-state index in [4.69, 9.17) is 9.47 Å². The summed E-state index contributed by atoms with van der Waals surface area (Å²) in [5.41, 5.74) is 5.68. The molecule has 31 heavy (non-hydrogen) atoms. The Morgan fingerprint density at radius 3 is 2.39 bits per heavy atom. The van der Waals surface area contributed by atoms with Crippen LogP contribution in [0.15, 0.2) is 60.8 Å². The molecular weight excluding hydrogens is 394 g/mol. The Kier molecular flexibility index (Phi) is 5.84. The summed E-state index contributed by atoms with van der Waals surface area (Å²) in [6.45, 7) is 0.519. The van der Waals surface area contributed by atoms with Gasteiger partial charge in [-0.2, -0.15) is 5.10 Å². The van der Waals surface area contributed by atoms with Crippen LogP contribution in [-0.4, -0.2) is 42.1 Å². The molecule has 0 spiro atoms. The second kappa shape index (κ2) is 8.87. The molecule has 0 unspecified atom stereocenters. The van der Waals surface area contributed by atoms with Crippen molar-refractivity contribution in [2.75, 3.05) is 20.3 Å². The average Bonchev–Trinajstić information content (AvgIpc) is 3.32. The van der Waals surface area contributed by atoms with Crippen molar-refractivity contribution in [2.24, 2.45) is 7.05 Å². The van der Waals surface area contributed by atoms with Gasteiger partial charge in [0.2, 0.25) is 0 Å². The molecule has 1 heterocycles. The molecular formula is C24H23N3O4. The molecule has 0 aliphatic heterocycles. The molecule has 7 nitrogen and oxygen atoms in total. The zero-order chi connectivity index (χ0) is 21.8. The van der Waals surface area contributed by atoms with Crippen molar-refractivity contribution in [3.63, 3.8) is 0 Å². The van der Waals surface area contributed by atoms with Gasteiger partial charge in [-0.05, 0) is 22.3 Å². The van der Waals surface area contributed by atoms with Gasteiger partial charge in [-0.1, -0.05) is 60.7 Å². The maximum atomic E-state index is 12.2. The number of nitrogens with zero attached hydrogens (tertiary/aromatic N) is 2. The predicted molar refractivity (Wildman–Crippen MR) is 117 cm³/mol. The third-order valence-electron chi connectivity index (χ3n) is 5.35. The van der Waals surface area contributed by atoms with Crippen LogP contribution in [-0.2, 0) is 16.5 Å². The lowest BCUT2D eigenvalue weighted by molar-refractivity contribution is 0.0588. The Hall–Kier alpha value is -3.87. The van der Waals surface area contributed by atoms with E-state index in [0.717, 1.165) is 0 Å². The van der Waals surface area contributed by atoms with Crippen LogP contribution in [0.25, 0.3) is 17.2 Å². The highest BCUT2D eigenvalue weighted by atomic mass is 16.5. The van der Waals surface area contributed by atoms with Crippen LogP contribution in [0, 0.1) is 0 Å². The van der Waals surface area contributed by atoms with Crippen molar-refractivity contribution >= 4 is 18.1 Å². The Morgan fingerprint density at radius 2 is 1.74 bits per heavy atom. The number of fused-ring (bicyclic) bond motifs is 3. The Morgan fingerprint density at radius 1 is 1.10 bits per heavy atom.